The number of piperidine rings is 2. The van der Waals surface area contributed by atoms with Crippen molar-refractivity contribution >= 4 is 5.91 Å². The molecule has 0 aliphatic carbocycles. The van der Waals surface area contributed by atoms with Crippen LogP contribution in [0.1, 0.15) is 32.1 Å². The van der Waals surface area contributed by atoms with Crippen molar-refractivity contribution < 1.29 is 9.18 Å². The van der Waals surface area contributed by atoms with Gasteiger partial charge >= 0.3 is 0 Å². The molecule has 0 aromatic carbocycles. The Labute approximate surface area is 103 Å². The van der Waals surface area contributed by atoms with Gasteiger partial charge in [0, 0.05) is 25.4 Å². The van der Waals surface area contributed by atoms with Crippen LogP contribution < -0.4 is 5.32 Å². The number of alkyl halides is 1. The topological polar surface area (TPSA) is 32.3 Å². The average Bonchev–Trinajstić information content (AvgIpc) is 2.40. The Balaban J connectivity index is 1.78. The van der Waals surface area contributed by atoms with Gasteiger partial charge in [0.05, 0.1) is 6.67 Å². The molecule has 2 heterocycles. The Morgan fingerprint density at radius 3 is 2.71 bits per heavy atom. The second-order valence-electron chi connectivity index (χ2n) is 5.40. The first-order valence-corrected chi connectivity index (χ1v) is 6.84. The molecule has 1 amide bonds. The van der Waals surface area contributed by atoms with Crippen molar-refractivity contribution in [3.8, 4) is 0 Å². The maximum absolute atomic E-state index is 12.6. The van der Waals surface area contributed by atoms with Crippen LogP contribution in [0.2, 0.25) is 0 Å². The van der Waals surface area contributed by atoms with Crippen molar-refractivity contribution in [3.63, 3.8) is 0 Å². The zero-order valence-corrected chi connectivity index (χ0v) is 10.5. The number of halogens is 1. The summed E-state index contributed by atoms with van der Waals surface area (Å²) in [7, 11) is 0. The Bertz CT molecular complexity index is 254. The quantitative estimate of drug-likeness (QED) is 0.815. The predicted octanol–water partition coefficient (Wildman–Crippen LogP) is 1.58. The lowest BCUT2D eigenvalue weighted by Crippen LogP contribution is -2.42. The lowest BCUT2D eigenvalue weighted by Gasteiger charge is -2.33. The number of amides is 1. The van der Waals surface area contributed by atoms with Crippen molar-refractivity contribution in [2.24, 2.45) is 11.8 Å². The molecule has 98 valence electrons. The highest BCUT2D eigenvalue weighted by molar-refractivity contribution is 5.76. The molecule has 2 rings (SSSR count). The highest BCUT2D eigenvalue weighted by Gasteiger charge is 2.25. The molecular formula is C13H23FN2O. The van der Waals surface area contributed by atoms with Gasteiger partial charge in [0.1, 0.15) is 0 Å². The molecule has 2 fully saturated rings. The lowest BCUT2D eigenvalue weighted by atomic mass is 9.93. The third-order valence-electron chi connectivity index (χ3n) is 4.01. The van der Waals surface area contributed by atoms with E-state index in [9.17, 15) is 9.18 Å². The maximum atomic E-state index is 12.6. The van der Waals surface area contributed by atoms with Crippen LogP contribution in [0.4, 0.5) is 4.39 Å². The second kappa shape index (κ2) is 6.34. The van der Waals surface area contributed by atoms with E-state index in [1.54, 1.807) is 0 Å². The molecule has 0 aromatic heterocycles. The molecule has 0 unspecified atom stereocenters. The Hall–Kier alpha value is -0.640. The fourth-order valence-corrected chi connectivity index (χ4v) is 2.88. The van der Waals surface area contributed by atoms with Crippen LogP contribution in [0.3, 0.4) is 0 Å². The summed E-state index contributed by atoms with van der Waals surface area (Å²) in [5.41, 5.74) is 0. The van der Waals surface area contributed by atoms with Crippen LogP contribution in [0.5, 0.6) is 0 Å². The van der Waals surface area contributed by atoms with E-state index >= 15 is 0 Å². The molecule has 1 N–H and O–H groups in total. The number of hydrogen-bond acceptors (Lipinski definition) is 2. The van der Waals surface area contributed by atoms with Gasteiger partial charge in [-0.1, -0.05) is 0 Å². The van der Waals surface area contributed by atoms with Gasteiger partial charge in [-0.15, -0.1) is 0 Å². The zero-order chi connectivity index (χ0) is 12.1. The number of hydrogen-bond donors (Lipinski definition) is 1. The van der Waals surface area contributed by atoms with E-state index in [4.69, 9.17) is 0 Å². The van der Waals surface area contributed by atoms with Gasteiger partial charge in [0.2, 0.25) is 5.91 Å². The molecular weight excluding hydrogens is 219 g/mol. The normalized spacial score (nSPS) is 27.1. The first kappa shape index (κ1) is 12.8. The predicted molar refractivity (Wildman–Crippen MR) is 65.5 cm³/mol. The van der Waals surface area contributed by atoms with E-state index in [2.05, 4.69) is 5.32 Å². The maximum Gasteiger partial charge on any atom is 0.222 e. The van der Waals surface area contributed by atoms with E-state index < -0.39 is 0 Å². The second-order valence-corrected chi connectivity index (χ2v) is 5.40. The fraction of sp³-hybridized carbons (Fsp3) is 0.923. The van der Waals surface area contributed by atoms with Gasteiger partial charge in [0.15, 0.2) is 0 Å². The standard InChI is InChI=1S/C13H23FN2O/c14-9-12-2-1-7-16(10-12)13(17)8-11-3-5-15-6-4-11/h11-12,15H,1-10H2/t12-/m0/s1. The van der Waals surface area contributed by atoms with Crippen molar-refractivity contribution in [3.05, 3.63) is 0 Å². The highest BCUT2D eigenvalue weighted by atomic mass is 19.1. The summed E-state index contributed by atoms with van der Waals surface area (Å²) in [5, 5.41) is 3.31. The number of carbonyl (C=O) groups is 1. The molecule has 3 nitrogen and oxygen atoms in total. The van der Waals surface area contributed by atoms with Gasteiger partial charge in [-0.2, -0.15) is 0 Å². The first-order valence-electron chi connectivity index (χ1n) is 6.84. The summed E-state index contributed by atoms with van der Waals surface area (Å²) in [6.07, 6.45) is 4.78. The van der Waals surface area contributed by atoms with Crippen LogP contribution in [-0.4, -0.2) is 43.7 Å². The number of likely N-dealkylation sites (tertiary alicyclic amines) is 1. The Kier molecular flexibility index (Phi) is 4.77. The van der Waals surface area contributed by atoms with Crippen LogP contribution >= 0.6 is 0 Å². The molecule has 4 heteroatoms. The number of carbonyl (C=O) groups excluding carboxylic acids is 1. The summed E-state index contributed by atoms with van der Waals surface area (Å²) in [5.74, 6) is 0.866. The van der Waals surface area contributed by atoms with E-state index in [-0.39, 0.29) is 18.5 Å². The largest absolute Gasteiger partial charge is 0.342 e. The molecule has 2 aliphatic heterocycles. The minimum absolute atomic E-state index is 0.0840. The van der Waals surface area contributed by atoms with E-state index in [1.807, 2.05) is 4.90 Å². The molecule has 1 atom stereocenters. The fourth-order valence-electron chi connectivity index (χ4n) is 2.88. The lowest BCUT2D eigenvalue weighted by molar-refractivity contribution is -0.134. The summed E-state index contributed by atoms with van der Waals surface area (Å²) in [6.45, 7) is 3.26. The number of nitrogens with one attached hydrogen (secondary N) is 1. The zero-order valence-electron chi connectivity index (χ0n) is 10.5. The van der Waals surface area contributed by atoms with E-state index in [0.29, 0.717) is 18.9 Å². The van der Waals surface area contributed by atoms with Gasteiger partial charge < -0.3 is 10.2 Å². The van der Waals surface area contributed by atoms with Gasteiger partial charge in [-0.05, 0) is 44.7 Å². The summed E-state index contributed by atoms with van der Waals surface area (Å²) in [6, 6.07) is 0. The minimum atomic E-state index is -0.281. The number of nitrogens with zero attached hydrogens (tertiary/aromatic N) is 1. The monoisotopic (exact) mass is 242 g/mol. The Morgan fingerprint density at radius 2 is 2.00 bits per heavy atom. The van der Waals surface area contributed by atoms with E-state index in [1.165, 1.54) is 0 Å². The van der Waals surface area contributed by atoms with Crippen LogP contribution in [0.15, 0.2) is 0 Å². The molecule has 0 saturated carbocycles. The highest BCUT2D eigenvalue weighted by Crippen LogP contribution is 2.21. The van der Waals surface area contributed by atoms with Gasteiger partial charge in [-0.3, -0.25) is 9.18 Å². The SMILES string of the molecule is O=C(CC1CCNCC1)N1CCC[C@@H](CF)C1. The third kappa shape index (κ3) is 3.66. The van der Waals surface area contributed by atoms with E-state index in [0.717, 1.165) is 45.3 Å². The van der Waals surface area contributed by atoms with Crippen LogP contribution in [-0.2, 0) is 4.79 Å². The third-order valence-corrected chi connectivity index (χ3v) is 4.01. The van der Waals surface area contributed by atoms with Crippen molar-refractivity contribution in [2.75, 3.05) is 32.9 Å². The molecule has 0 bridgehead atoms. The van der Waals surface area contributed by atoms with Crippen LogP contribution in [0, 0.1) is 11.8 Å². The molecule has 0 spiro atoms. The molecule has 0 aromatic rings. The van der Waals surface area contributed by atoms with Gasteiger partial charge in [-0.25, -0.2) is 0 Å². The summed E-state index contributed by atoms with van der Waals surface area (Å²) in [4.78, 5) is 14.0. The average molecular weight is 242 g/mol. The smallest absolute Gasteiger partial charge is 0.222 e. The van der Waals surface area contributed by atoms with Gasteiger partial charge in [0.25, 0.3) is 0 Å². The molecule has 17 heavy (non-hydrogen) atoms. The summed E-state index contributed by atoms with van der Waals surface area (Å²) >= 11 is 0. The first-order chi connectivity index (χ1) is 8.29. The molecule has 2 aliphatic rings. The summed E-state index contributed by atoms with van der Waals surface area (Å²) < 4.78 is 12.6. The number of rotatable bonds is 3. The van der Waals surface area contributed by atoms with Crippen molar-refractivity contribution in [2.45, 2.75) is 32.1 Å². The minimum Gasteiger partial charge on any atom is -0.342 e. The molecule has 0 radical (unpaired) electrons. The van der Waals surface area contributed by atoms with Crippen molar-refractivity contribution in [1.29, 1.82) is 0 Å². The van der Waals surface area contributed by atoms with Crippen molar-refractivity contribution in [1.82, 2.24) is 10.2 Å². The van der Waals surface area contributed by atoms with Crippen LogP contribution in [0.25, 0.3) is 0 Å². The molecule has 2 saturated heterocycles. The Morgan fingerprint density at radius 1 is 1.24 bits per heavy atom.